The lowest BCUT2D eigenvalue weighted by Gasteiger charge is -1.99. The van der Waals surface area contributed by atoms with Gasteiger partial charge < -0.3 is 5.11 Å². The topological polar surface area (TPSA) is 50.2 Å². The highest BCUT2D eigenvalue weighted by atomic mass is 16.4. The van der Waals surface area contributed by atoms with Crippen LogP contribution in [0.2, 0.25) is 0 Å². The second-order valence-electron chi connectivity index (χ2n) is 2.69. The summed E-state index contributed by atoms with van der Waals surface area (Å²) in [5, 5.41) is 9.69. The fourth-order valence-corrected chi connectivity index (χ4v) is 1.28. The zero-order valence-corrected chi connectivity index (χ0v) is 10.8. The van der Waals surface area contributed by atoms with Gasteiger partial charge in [0.1, 0.15) is 0 Å². The van der Waals surface area contributed by atoms with Gasteiger partial charge in [0, 0.05) is 11.6 Å². The standard InChI is InChI=1S/C10H7NO2.2C2H6/c12-10(13)8-5-1-3-7-4-2-6-11-9(7)8;2*1-2/h1-6H,(H,12,13);2*1-2H3. The predicted molar refractivity (Wildman–Crippen MR) is 71.4 cm³/mol. The molecule has 0 bridgehead atoms. The van der Waals surface area contributed by atoms with Crippen LogP contribution >= 0.6 is 0 Å². The summed E-state index contributed by atoms with van der Waals surface area (Å²) in [6.07, 6.45) is 1.59. The van der Waals surface area contributed by atoms with Gasteiger partial charge in [-0.15, -0.1) is 0 Å². The molecule has 17 heavy (non-hydrogen) atoms. The Morgan fingerprint density at radius 3 is 2.24 bits per heavy atom. The predicted octanol–water partition coefficient (Wildman–Crippen LogP) is 3.99. The maximum absolute atomic E-state index is 10.8. The van der Waals surface area contributed by atoms with Crippen molar-refractivity contribution in [1.82, 2.24) is 4.98 Å². The summed E-state index contributed by atoms with van der Waals surface area (Å²) in [5.41, 5.74) is 0.788. The number of rotatable bonds is 1. The monoisotopic (exact) mass is 233 g/mol. The van der Waals surface area contributed by atoms with Gasteiger partial charge >= 0.3 is 5.97 Å². The minimum Gasteiger partial charge on any atom is -0.478 e. The Kier molecular flexibility index (Phi) is 7.35. The fourth-order valence-electron chi connectivity index (χ4n) is 1.28. The van der Waals surface area contributed by atoms with Crippen molar-refractivity contribution in [3.8, 4) is 0 Å². The van der Waals surface area contributed by atoms with E-state index in [0.29, 0.717) is 5.52 Å². The summed E-state index contributed by atoms with van der Waals surface area (Å²) >= 11 is 0. The molecule has 0 atom stereocenters. The molecule has 0 amide bonds. The van der Waals surface area contributed by atoms with Crippen LogP contribution in [0.15, 0.2) is 36.5 Å². The van der Waals surface area contributed by atoms with Crippen molar-refractivity contribution in [1.29, 1.82) is 0 Å². The van der Waals surface area contributed by atoms with Gasteiger partial charge in [-0.3, -0.25) is 4.98 Å². The first-order valence-electron chi connectivity index (χ1n) is 5.86. The molecule has 0 fully saturated rings. The number of carboxylic acids is 1. The SMILES string of the molecule is CC.CC.O=C(O)c1cccc2cccnc12. The van der Waals surface area contributed by atoms with Gasteiger partial charge in [0.2, 0.25) is 0 Å². The first-order chi connectivity index (χ1) is 8.29. The Hall–Kier alpha value is -1.90. The summed E-state index contributed by atoms with van der Waals surface area (Å²) in [6, 6.07) is 8.74. The lowest BCUT2D eigenvalue weighted by Crippen LogP contribution is -1.97. The molecule has 0 aliphatic rings. The van der Waals surface area contributed by atoms with E-state index >= 15 is 0 Å². The largest absolute Gasteiger partial charge is 0.478 e. The summed E-state index contributed by atoms with van der Waals surface area (Å²) in [6.45, 7) is 8.00. The minimum absolute atomic E-state index is 0.248. The third-order valence-corrected chi connectivity index (χ3v) is 1.86. The second kappa shape index (κ2) is 8.28. The van der Waals surface area contributed by atoms with Crippen LogP contribution in [0.25, 0.3) is 10.9 Å². The van der Waals surface area contributed by atoms with Gasteiger partial charge in [-0.25, -0.2) is 4.79 Å². The maximum atomic E-state index is 10.8. The molecular weight excluding hydrogens is 214 g/mol. The molecule has 0 radical (unpaired) electrons. The average Bonchev–Trinajstić information content (AvgIpc) is 2.42. The van der Waals surface area contributed by atoms with Gasteiger partial charge in [0.15, 0.2) is 0 Å². The summed E-state index contributed by atoms with van der Waals surface area (Å²) in [7, 11) is 0. The molecule has 3 nitrogen and oxygen atoms in total. The first-order valence-corrected chi connectivity index (χ1v) is 5.86. The van der Waals surface area contributed by atoms with Crippen LogP contribution in [0, 0.1) is 0 Å². The summed E-state index contributed by atoms with van der Waals surface area (Å²) < 4.78 is 0. The van der Waals surface area contributed by atoms with E-state index < -0.39 is 5.97 Å². The Bertz CT molecular complexity index is 461. The number of hydrogen-bond donors (Lipinski definition) is 1. The molecule has 1 N–H and O–H groups in total. The Labute approximate surface area is 102 Å². The van der Waals surface area contributed by atoms with Crippen molar-refractivity contribution in [3.05, 3.63) is 42.1 Å². The molecule has 2 aromatic rings. The van der Waals surface area contributed by atoms with Crippen LogP contribution in [0.1, 0.15) is 38.1 Å². The van der Waals surface area contributed by atoms with Crippen LogP contribution < -0.4 is 0 Å². The van der Waals surface area contributed by atoms with E-state index in [4.69, 9.17) is 5.11 Å². The Morgan fingerprint density at radius 2 is 1.65 bits per heavy atom. The van der Waals surface area contributed by atoms with E-state index in [-0.39, 0.29) is 5.56 Å². The van der Waals surface area contributed by atoms with E-state index in [9.17, 15) is 4.79 Å². The first kappa shape index (κ1) is 15.1. The zero-order chi connectivity index (χ0) is 13.3. The van der Waals surface area contributed by atoms with E-state index in [1.807, 2.05) is 39.8 Å². The number of aromatic carboxylic acids is 1. The maximum Gasteiger partial charge on any atom is 0.337 e. The molecule has 1 aromatic heterocycles. The number of aromatic nitrogens is 1. The van der Waals surface area contributed by atoms with Crippen LogP contribution in [0.3, 0.4) is 0 Å². The van der Waals surface area contributed by atoms with Gasteiger partial charge in [-0.1, -0.05) is 45.9 Å². The molecule has 0 saturated carbocycles. The molecule has 1 aromatic carbocycles. The molecule has 0 aliphatic carbocycles. The van der Waals surface area contributed by atoms with Crippen LogP contribution in [0.5, 0.6) is 0 Å². The molecular formula is C14H19NO2. The molecule has 0 aliphatic heterocycles. The van der Waals surface area contributed by atoms with Crippen molar-refractivity contribution in [3.63, 3.8) is 0 Å². The van der Waals surface area contributed by atoms with Crippen molar-refractivity contribution in [2.24, 2.45) is 0 Å². The number of pyridine rings is 1. The third-order valence-electron chi connectivity index (χ3n) is 1.86. The van der Waals surface area contributed by atoms with Crippen LogP contribution in [0.4, 0.5) is 0 Å². The lowest BCUT2D eigenvalue weighted by molar-refractivity contribution is 0.0699. The van der Waals surface area contributed by atoms with Crippen molar-refractivity contribution in [2.45, 2.75) is 27.7 Å². The number of carbonyl (C=O) groups is 1. The molecule has 1 heterocycles. The quantitative estimate of drug-likeness (QED) is 0.810. The molecule has 92 valence electrons. The molecule has 3 heteroatoms. The number of hydrogen-bond acceptors (Lipinski definition) is 2. The number of nitrogens with zero attached hydrogens (tertiary/aromatic N) is 1. The summed E-state index contributed by atoms with van der Waals surface area (Å²) in [4.78, 5) is 14.8. The average molecular weight is 233 g/mol. The Morgan fingerprint density at radius 1 is 1.06 bits per heavy atom. The molecule has 0 spiro atoms. The highest BCUT2D eigenvalue weighted by Gasteiger charge is 2.07. The molecule has 2 rings (SSSR count). The van der Waals surface area contributed by atoms with Crippen molar-refractivity contribution >= 4 is 16.9 Å². The van der Waals surface area contributed by atoms with E-state index in [1.54, 1.807) is 24.4 Å². The lowest BCUT2D eigenvalue weighted by atomic mass is 10.1. The highest BCUT2D eigenvalue weighted by molar-refractivity contribution is 6.01. The van der Waals surface area contributed by atoms with Gasteiger partial charge in [0.05, 0.1) is 11.1 Å². The number of fused-ring (bicyclic) bond motifs is 1. The Balaban J connectivity index is 0.000000581. The number of benzene rings is 1. The van der Waals surface area contributed by atoms with Crippen molar-refractivity contribution in [2.75, 3.05) is 0 Å². The van der Waals surface area contributed by atoms with Crippen LogP contribution in [-0.4, -0.2) is 16.1 Å². The molecule has 0 saturated heterocycles. The number of carboxylic acid groups (broad SMARTS) is 1. The normalized spacial score (nSPS) is 8.47. The van der Waals surface area contributed by atoms with Crippen LogP contribution in [-0.2, 0) is 0 Å². The summed E-state index contributed by atoms with van der Waals surface area (Å²) in [5.74, 6) is -0.940. The third kappa shape index (κ3) is 3.87. The molecule has 0 unspecified atom stereocenters. The fraction of sp³-hybridized carbons (Fsp3) is 0.286. The van der Waals surface area contributed by atoms with E-state index in [2.05, 4.69) is 4.98 Å². The minimum atomic E-state index is -0.940. The van der Waals surface area contributed by atoms with Gasteiger partial charge in [0.25, 0.3) is 0 Å². The smallest absolute Gasteiger partial charge is 0.337 e. The van der Waals surface area contributed by atoms with E-state index in [0.717, 1.165) is 5.39 Å². The highest BCUT2D eigenvalue weighted by Crippen LogP contribution is 2.15. The van der Waals surface area contributed by atoms with Gasteiger partial charge in [-0.05, 0) is 12.1 Å². The number of para-hydroxylation sites is 1. The van der Waals surface area contributed by atoms with Crippen molar-refractivity contribution < 1.29 is 9.90 Å². The zero-order valence-electron chi connectivity index (χ0n) is 10.8. The second-order valence-corrected chi connectivity index (χ2v) is 2.69. The van der Waals surface area contributed by atoms with E-state index in [1.165, 1.54) is 0 Å². The van der Waals surface area contributed by atoms with Gasteiger partial charge in [-0.2, -0.15) is 0 Å².